The average Bonchev–Trinajstić information content (AvgIpc) is 2.52. The minimum absolute atomic E-state index is 0.116. The van der Waals surface area contributed by atoms with E-state index in [0.717, 1.165) is 13.0 Å². The van der Waals surface area contributed by atoms with Crippen molar-refractivity contribution in [3.63, 3.8) is 0 Å². The molecule has 142 valence electrons. The second-order valence-corrected chi connectivity index (χ2v) is 5.42. The molecule has 1 aliphatic carbocycles. The largest absolute Gasteiger partial charge is 0.465 e. The van der Waals surface area contributed by atoms with E-state index < -0.39 is 35.5 Å². The predicted molar refractivity (Wildman–Crippen MR) is 89.6 cm³/mol. The molecule has 1 aliphatic rings. The molecule has 0 radical (unpaired) electrons. The third-order valence-electron chi connectivity index (χ3n) is 3.38. The Hall–Kier alpha value is -2.76. The van der Waals surface area contributed by atoms with Crippen molar-refractivity contribution >= 4 is 11.9 Å². The first-order chi connectivity index (χ1) is 12.1. The van der Waals surface area contributed by atoms with E-state index in [1.807, 2.05) is 5.92 Å². The number of nitrogens with two attached hydrogens (primary N) is 1. The van der Waals surface area contributed by atoms with Gasteiger partial charge in [-0.25, -0.2) is 9.38 Å². The molecule has 1 atom stereocenters. The lowest BCUT2D eigenvalue weighted by molar-refractivity contribution is -0.0926. The molecule has 9 heteroatoms. The summed E-state index contributed by atoms with van der Waals surface area (Å²) in [6.45, 7) is 2.91. The van der Waals surface area contributed by atoms with Gasteiger partial charge in [-0.05, 0) is 25.3 Å². The van der Waals surface area contributed by atoms with Crippen LogP contribution < -0.4 is 5.73 Å². The molecule has 0 aromatic rings. The maximum absolute atomic E-state index is 14.3. The van der Waals surface area contributed by atoms with Crippen LogP contribution in [0.1, 0.15) is 26.7 Å². The number of halogens is 4. The number of nitrogens with one attached hydrogen (secondary N) is 1. The predicted octanol–water partition coefficient (Wildman–Crippen LogP) is 3.95. The number of rotatable bonds is 5. The van der Waals surface area contributed by atoms with Gasteiger partial charge in [-0.3, -0.25) is 5.41 Å². The Kier molecular flexibility index (Phi) is 7.43. The molecule has 26 heavy (non-hydrogen) atoms. The van der Waals surface area contributed by atoms with Gasteiger partial charge in [-0.1, -0.05) is 18.6 Å². The third-order valence-corrected chi connectivity index (χ3v) is 3.38. The number of ether oxygens (including phenoxy) is 2. The molecule has 3 N–H and O–H groups in total. The summed E-state index contributed by atoms with van der Waals surface area (Å²) in [5, 5.41) is 6.95. The average molecular weight is 373 g/mol. The zero-order chi connectivity index (χ0) is 19.9. The Bertz CT molecular complexity index is 713. The van der Waals surface area contributed by atoms with Gasteiger partial charge in [0.2, 0.25) is 0 Å². The van der Waals surface area contributed by atoms with E-state index in [0.29, 0.717) is 18.4 Å². The van der Waals surface area contributed by atoms with Gasteiger partial charge >= 0.3 is 6.18 Å². The van der Waals surface area contributed by atoms with Crippen molar-refractivity contribution in [1.82, 2.24) is 0 Å². The lowest BCUT2D eigenvalue weighted by Gasteiger charge is -2.22. The fourth-order valence-electron chi connectivity index (χ4n) is 2.24. The standard InChI is InChI=1S/C17H19F4N3O2/c1-4-13(17(19,20)21)24-14(5-2)26-15-10(3)8-11(9-12(15)18)6-7-25-16(22)23/h2,4,9-10H,6-8H2,1,3H3,(H3,22,23)/b13-4-,24-14?. The molecule has 0 amide bonds. The SMILES string of the molecule is C#CC(=N/C(=C\C)C(F)(F)F)OC1=C(F)C=C(CCOC(=N)N)CC1C. The topological polar surface area (TPSA) is 80.7 Å². The smallest absolute Gasteiger partial charge is 0.433 e. The van der Waals surface area contributed by atoms with E-state index in [4.69, 9.17) is 27.0 Å². The summed E-state index contributed by atoms with van der Waals surface area (Å²) in [7, 11) is 0. The number of nitrogens with zero attached hydrogens (tertiary/aromatic N) is 1. The molecule has 0 saturated carbocycles. The van der Waals surface area contributed by atoms with E-state index in [1.165, 1.54) is 6.08 Å². The van der Waals surface area contributed by atoms with Crippen LogP contribution in [0.3, 0.4) is 0 Å². The summed E-state index contributed by atoms with van der Waals surface area (Å²) >= 11 is 0. The van der Waals surface area contributed by atoms with Crippen LogP contribution in [0.15, 0.2) is 40.0 Å². The van der Waals surface area contributed by atoms with Gasteiger partial charge in [0.05, 0.1) is 6.61 Å². The molecule has 0 aliphatic heterocycles. The summed E-state index contributed by atoms with van der Waals surface area (Å²) < 4.78 is 62.5. The maximum atomic E-state index is 14.3. The van der Waals surface area contributed by atoms with Gasteiger partial charge in [0.1, 0.15) is 11.5 Å². The first kappa shape index (κ1) is 21.3. The zero-order valence-electron chi connectivity index (χ0n) is 14.3. The molecule has 5 nitrogen and oxygen atoms in total. The number of hydrogen-bond acceptors (Lipinski definition) is 4. The van der Waals surface area contributed by atoms with Crippen molar-refractivity contribution in [3.05, 3.63) is 35.0 Å². The van der Waals surface area contributed by atoms with Gasteiger partial charge in [0.15, 0.2) is 5.83 Å². The van der Waals surface area contributed by atoms with Crippen molar-refractivity contribution in [3.8, 4) is 12.3 Å². The maximum Gasteiger partial charge on any atom is 0.433 e. The van der Waals surface area contributed by atoms with Crippen molar-refractivity contribution in [2.45, 2.75) is 32.9 Å². The number of aliphatic imine (C=N–C) groups is 1. The highest BCUT2D eigenvalue weighted by molar-refractivity contribution is 5.94. The Morgan fingerprint density at radius 2 is 2.19 bits per heavy atom. The zero-order valence-corrected chi connectivity index (χ0v) is 14.3. The van der Waals surface area contributed by atoms with Crippen molar-refractivity contribution < 1.29 is 27.0 Å². The van der Waals surface area contributed by atoms with Crippen LogP contribution >= 0.6 is 0 Å². The van der Waals surface area contributed by atoms with Gasteiger partial charge in [0, 0.05) is 12.3 Å². The molecular weight excluding hydrogens is 354 g/mol. The molecule has 0 aromatic carbocycles. The van der Waals surface area contributed by atoms with Crippen LogP contribution in [0.5, 0.6) is 0 Å². The van der Waals surface area contributed by atoms with E-state index in [2.05, 4.69) is 4.99 Å². The first-order valence-corrected chi connectivity index (χ1v) is 7.61. The Labute approximate surface area is 148 Å². The number of amidine groups is 1. The van der Waals surface area contributed by atoms with Crippen LogP contribution in [0.4, 0.5) is 17.6 Å². The Morgan fingerprint density at radius 3 is 2.65 bits per heavy atom. The second kappa shape index (κ2) is 9.08. The van der Waals surface area contributed by atoms with Crippen molar-refractivity contribution in [2.75, 3.05) is 6.61 Å². The highest BCUT2D eigenvalue weighted by atomic mass is 19.4. The molecule has 0 heterocycles. The fourth-order valence-corrected chi connectivity index (χ4v) is 2.24. The van der Waals surface area contributed by atoms with Crippen LogP contribution in [0.25, 0.3) is 0 Å². The molecule has 0 spiro atoms. The van der Waals surface area contributed by atoms with E-state index in [1.54, 1.807) is 6.92 Å². The fraction of sp³-hybridized carbons (Fsp3) is 0.412. The minimum atomic E-state index is -4.70. The number of hydrogen-bond donors (Lipinski definition) is 2. The molecule has 0 bridgehead atoms. The number of alkyl halides is 3. The van der Waals surface area contributed by atoms with Gasteiger partial charge in [-0.2, -0.15) is 13.2 Å². The molecular formula is C17H19F4N3O2. The molecule has 1 unspecified atom stereocenters. The molecule has 0 aromatic heterocycles. The summed E-state index contributed by atoms with van der Waals surface area (Å²) in [6, 6.07) is -0.436. The van der Waals surface area contributed by atoms with E-state index >= 15 is 0 Å². The molecule has 0 saturated heterocycles. The van der Waals surface area contributed by atoms with Crippen molar-refractivity contribution in [1.29, 1.82) is 5.41 Å². The minimum Gasteiger partial charge on any atom is -0.465 e. The third kappa shape index (κ3) is 6.27. The van der Waals surface area contributed by atoms with Crippen LogP contribution in [0, 0.1) is 23.7 Å². The second-order valence-electron chi connectivity index (χ2n) is 5.42. The number of allylic oxidation sites excluding steroid dienone is 5. The van der Waals surface area contributed by atoms with Gasteiger partial charge < -0.3 is 15.2 Å². The number of terminal acetylenes is 1. The Morgan fingerprint density at radius 1 is 1.54 bits per heavy atom. The lowest BCUT2D eigenvalue weighted by Crippen LogP contribution is -2.18. The van der Waals surface area contributed by atoms with Crippen LogP contribution in [-0.2, 0) is 9.47 Å². The lowest BCUT2D eigenvalue weighted by atomic mass is 9.92. The normalized spacial score (nSPS) is 19.0. The molecule has 0 fully saturated rings. The van der Waals surface area contributed by atoms with Crippen molar-refractivity contribution in [2.24, 2.45) is 16.6 Å². The van der Waals surface area contributed by atoms with Crippen LogP contribution in [0.2, 0.25) is 0 Å². The van der Waals surface area contributed by atoms with Crippen LogP contribution in [-0.4, -0.2) is 24.7 Å². The van der Waals surface area contributed by atoms with E-state index in [-0.39, 0.29) is 12.4 Å². The Balaban J connectivity index is 2.98. The first-order valence-electron chi connectivity index (χ1n) is 7.61. The quantitative estimate of drug-likeness (QED) is 0.331. The monoisotopic (exact) mass is 373 g/mol. The van der Waals surface area contributed by atoms with E-state index in [9.17, 15) is 17.6 Å². The summed E-state index contributed by atoms with van der Waals surface area (Å²) in [5.74, 6) is -0.186. The highest BCUT2D eigenvalue weighted by Crippen LogP contribution is 2.33. The molecule has 1 rings (SSSR count). The summed E-state index contributed by atoms with van der Waals surface area (Å²) in [5.41, 5.74) is 4.52. The summed E-state index contributed by atoms with van der Waals surface area (Å²) in [6.07, 6.45) is 3.11. The highest BCUT2D eigenvalue weighted by Gasteiger charge is 2.34. The summed E-state index contributed by atoms with van der Waals surface area (Å²) in [4.78, 5) is 3.25. The van der Waals surface area contributed by atoms with Gasteiger partial charge in [0.25, 0.3) is 11.9 Å². The van der Waals surface area contributed by atoms with Gasteiger partial charge in [-0.15, -0.1) is 6.42 Å².